The molecule has 0 atom stereocenters. The van der Waals surface area contributed by atoms with Crippen LogP contribution < -0.4 is 0 Å². The standard InChI is InChI=1S/C26H21ClF6N4O3S/c27-17-6-8-18(9-7-17)36-21(25(28,29)30)20(14-34-36)22(38)37-24(12-2-1-3-13-24)40-23(39)35(37)15-16-4-10-19(11-5-16)41-26(31,32)33/h4-11,14H,1-3,12-13,15H2. The Morgan fingerprint density at radius 2 is 1.61 bits per heavy atom. The van der Waals surface area contributed by atoms with Crippen LogP contribution in [0, 0.1) is 0 Å². The van der Waals surface area contributed by atoms with Crippen molar-refractivity contribution in [2.75, 3.05) is 0 Å². The van der Waals surface area contributed by atoms with E-state index in [1.807, 2.05) is 0 Å². The van der Waals surface area contributed by atoms with Crippen molar-refractivity contribution in [2.24, 2.45) is 0 Å². The molecule has 1 spiro atoms. The van der Waals surface area contributed by atoms with Crippen LogP contribution in [0.1, 0.15) is 53.7 Å². The highest BCUT2D eigenvalue weighted by atomic mass is 35.5. The van der Waals surface area contributed by atoms with Crippen molar-refractivity contribution in [1.29, 1.82) is 0 Å². The van der Waals surface area contributed by atoms with Gasteiger partial charge in [-0.25, -0.2) is 19.5 Å². The molecule has 7 nitrogen and oxygen atoms in total. The van der Waals surface area contributed by atoms with Gasteiger partial charge in [-0.05, 0) is 66.6 Å². The number of carbonyl (C=O) groups excluding carboxylic acids is 2. The Balaban J connectivity index is 1.53. The smallest absolute Gasteiger partial charge is 0.419 e. The molecule has 2 fully saturated rings. The third kappa shape index (κ3) is 5.98. The number of thioether (sulfide) groups is 1. The lowest BCUT2D eigenvalue weighted by Gasteiger charge is -2.40. The first-order valence-electron chi connectivity index (χ1n) is 12.4. The van der Waals surface area contributed by atoms with Crippen LogP contribution in [-0.2, 0) is 17.5 Å². The lowest BCUT2D eigenvalue weighted by Crippen LogP contribution is -2.54. The van der Waals surface area contributed by atoms with E-state index in [2.05, 4.69) is 5.10 Å². The number of halogens is 7. The Kier molecular flexibility index (Phi) is 7.66. The van der Waals surface area contributed by atoms with Crippen LogP contribution in [0.15, 0.2) is 59.6 Å². The summed E-state index contributed by atoms with van der Waals surface area (Å²) in [6.07, 6.45) is -2.86. The number of alkyl halides is 6. The van der Waals surface area contributed by atoms with Gasteiger partial charge in [-0.1, -0.05) is 30.2 Å². The molecule has 0 N–H and O–H groups in total. The Bertz CT molecular complexity index is 1440. The Hall–Kier alpha value is -3.39. The fourth-order valence-electron chi connectivity index (χ4n) is 5.05. The molecule has 0 bridgehead atoms. The summed E-state index contributed by atoms with van der Waals surface area (Å²) >= 11 is 5.56. The van der Waals surface area contributed by atoms with Crippen LogP contribution in [0.2, 0.25) is 5.02 Å². The van der Waals surface area contributed by atoms with Crippen molar-refractivity contribution in [3.63, 3.8) is 0 Å². The monoisotopic (exact) mass is 618 g/mol. The number of carbonyl (C=O) groups is 2. The number of rotatable bonds is 5. The van der Waals surface area contributed by atoms with Crippen LogP contribution in [0.3, 0.4) is 0 Å². The molecule has 15 heteroatoms. The van der Waals surface area contributed by atoms with Gasteiger partial charge in [-0.2, -0.15) is 31.4 Å². The van der Waals surface area contributed by atoms with E-state index in [9.17, 15) is 35.9 Å². The van der Waals surface area contributed by atoms with E-state index < -0.39 is 40.7 Å². The molecule has 0 radical (unpaired) electrons. The molecular formula is C26H21ClF6N4O3S. The van der Waals surface area contributed by atoms with Gasteiger partial charge in [0.05, 0.1) is 24.0 Å². The number of benzene rings is 2. The summed E-state index contributed by atoms with van der Waals surface area (Å²) in [6, 6.07) is 10.5. The quantitative estimate of drug-likeness (QED) is 0.215. The van der Waals surface area contributed by atoms with Gasteiger partial charge in [-0.15, -0.1) is 0 Å². The van der Waals surface area contributed by atoms with E-state index in [0.29, 0.717) is 28.1 Å². The van der Waals surface area contributed by atoms with Crippen LogP contribution >= 0.6 is 23.4 Å². The molecule has 3 aromatic rings. The first-order valence-corrected chi connectivity index (χ1v) is 13.6. The molecule has 1 aromatic heterocycles. The SMILES string of the molecule is O=C1OC2(CCCCC2)N(C(=O)c2cnn(-c3ccc(Cl)cc3)c2C(F)(F)F)N1Cc1ccc(SC(F)(F)F)cc1. The minimum absolute atomic E-state index is 0.00979. The molecule has 41 heavy (non-hydrogen) atoms. The molecule has 218 valence electrons. The Labute approximate surface area is 239 Å². The van der Waals surface area contributed by atoms with Crippen molar-refractivity contribution in [1.82, 2.24) is 19.8 Å². The summed E-state index contributed by atoms with van der Waals surface area (Å²) in [5.41, 5.74) is -7.79. The second-order valence-electron chi connectivity index (χ2n) is 9.53. The highest BCUT2D eigenvalue weighted by Crippen LogP contribution is 2.44. The molecule has 2 amide bonds. The van der Waals surface area contributed by atoms with Crippen LogP contribution in [0.4, 0.5) is 31.1 Å². The maximum Gasteiger partial charge on any atom is 0.446 e. The molecule has 0 unspecified atom stereocenters. The average Bonchev–Trinajstić information content (AvgIpc) is 3.45. The van der Waals surface area contributed by atoms with E-state index in [0.717, 1.165) is 22.6 Å². The number of hydrazine groups is 1. The van der Waals surface area contributed by atoms with Gasteiger partial charge in [-0.3, -0.25) is 4.79 Å². The minimum Gasteiger partial charge on any atom is -0.419 e. The second kappa shape index (κ2) is 10.8. The first kappa shape index (κ1) is 29.1. The third-order valence-corrected chi connectivity index (χ3v) is 7.76. The number of ether oxygens (including phenoxy) is 1. The Morgan fingerprint density at radius 3 is 2.20 bits per heavy atom. The third-order valence-electron chi connectivity index (χ3n) is 6.77. The number of amides is 2. The molecular weight excluding hydrogens is 598 g/mol. The van der Waals surface area contributed by atoms with E-state index in [1.54, 1.807) is 0 Å². The van der Waals surface area contributed by atoms with Crippen LogP contribution in [0.25, 0.3) is 5.69 Å². The van der Waals surface area contributed by atoms with E-state index in [-0.39, 0.29) is 41.7 Å². The lowest BCUT2D eigenvalue weighted by atomic mass is 9.90. The zero-order valence-electron chi connectivity index (χ0n) is 21.0. The van der Waals surface area contributed by atoms with Gasteiger partial charge < -0.3 is 4.74 Å². The van der Waals surface area contributed by atoms with Crippen molar-refractivity contribution >= 4 is 35.4 Å². The zero-order chi connectivity index (χ0) is 29.6. The first-order chi connectivity index (χ1) is 19.3. The van der Waals surface area contributed by atoms with Crippen molar-refractivity contribution in [3.8, 4) is 5.69 Å². The molecule has 2 heterocycles. The van der Waals surface area contributed by atoms with Gasteiger partial charge in [0.2, 0.25) is 5.72 Å². The van der Waals surface area contributed by atoms with Gasteiger partial charge in [0.25, 0.3) is 5.91 Å². The summed E-state index contributed by atoms with van der Waals surface area (Å²) in [6.45, 7) is -0.323. The van der Waals surface area contributed by atoms with Gasteiger partial charge in [0.1, 0.15) is 0 Å². The van der Waals surface area contributed by atoms with Crippen LogP contribution in [-0.4, -0.2) is 43.0 Å². The van der Waals surface area contributed by atoms with Crippen LogP contribution in [0.5, 0.6) is 0 Å². The maximum absolute atomic E-state index is 14.4. The van der Waals surface area contributed by atoms with Gasteiger partial charge in [0.15, 0.2) is 5.69 Å². The summed E-state index contributed by atoms with van der Waals surface area (Å²) in [5, 5.41) is 5.96. The fraction of sp³-hybridized carbons (Fsp3) is 0.346. The lowest BCUT2D eigenvalue weighted by molar-refractivity contribution is -0.144. The fourth-order valence-corrected chi connectivity index (χ4v) is 5.71. The highest BCUT2D eigenvalue weighted by molar-refractivity contribution is 8.00. The number of hydrogen-bond acceptors (Lipinski definition) is 5. The summed E-state index contributed by atoms with van der Waals surface area (Å²) in [4.78, 5) is 27.0. The number of hydrogen-bond donors (Lipinski definition) is 0. The largest absolute Gasteiger partial charge is 0.446 e. The second-order valence-corrected chi connectivity index (χ2v) is 11.1. The van der Waals surface area contributed by atoms with Crippen molar-refractivity contribution in [2.45, 2.75) is 61.0 Å². The molecule has 5 rings (SSSR count). The Morgan fingerprint density at radius 1 is 0.976 bits per heavy atom. The topological polar surface area (TPSA) is 67.7 Å². The normalized spacial score (nSPS) is 17.3. The minimum atomic E-state index is -5.01. The number of aromatic nitrogens is 2. The van der Waals surface area contributed by atoms with E-state index in [4.69, 9.17) is 16.3 Å². The summed E-state index contributed by atoms with van der Waals surface area (Å²) in [7, 11) is 0. The summed E-state index contributed by atoms with van der Waals surface area (Å²) < 4.78 is 87.7. The predicted molar refractivity (Wildman–Crippen MR) is 136 cm³/mol. The number of nitrogens with zero attached hydrogens (tertiary/aromatic N) is 4. The van der Waals surface area contributed by atoms with Gasteiger partial charge in [0, 0.05) is 22.8 Å². The predicted octanol–water partition coefficient (Wildman–Crippen LogP) is 7.83. The molecule has 1 aliphatic heterocycles. The maximum atomic E-state index is 14.4. The molecule has 2 aromatic carbocycles. The van der Waals surface area contributed by atoms with E-state index in [1.165, 1.54) is 48.5 Å². The molecule has 1 aliphatic carbocycles. The zero-order valence-corrected chi connectivity index (χ0v) is 22.6. The summed E-state index contributed by atoms with van der Waals surface area (Å²) in [5.74, 6) is -1.14. The van der Waals surface area contributed by atoms with E-state index >= 15 is 0 Å². The average molecular weight is 619 g/mol. The highest BCUT2D eigenvalue weighted by Gasteiger charge is 2.56. The van der Waals surface area contributed by atoms with Crippen molar-refractivity contribution < 1.29 is 40.7 Å². The van der Waals surface area contributed by atoms with Crippen molar-refractivity contribution in [3.05, 3.63) is 76.6 Å². The molecule has 1 saturated carbocycles. The van der Waals surface area contributed by atoms with Gasteiger partial charge >= 0.3 is 17.8 Å². The molecule has 2 aliphatic rings. The molecule has 1 saturated heterocycles.